The Balaban J connectivity index is 0.00000243. The van der Waals surface area contributed by atoms with Gasteiger partial charge in [0.15, 0.2) is 5.96 Å². The molecule has 5 nitrogen and oxygen atoms in total. The Bertz CT molecular complexity index is 829. The zero-order valence-electron chi connectivity index (χ0n) is 14.9. The van der Waals surface area contributed by atoms with E-state index in [9.17, 15) is 0 Å². The molecule has 0 atom stereocenters. The number of oxazole rings is 1. The Morgan fingerprint density at radius 3 is 2.69 bits per heavy atom. The quantitative estimate of drug-likeness (QED) is 0.307. The molecule has 138 valence electrons. The minimum absolute atomic E-state index is 0. The Morgan fingerprint density at radius 1 is 1.19 bits per heavy atom. The predicted octanol–water partition coefficient (Wildman–Crippen LogP) is 4.58. The summed E-state index contributed by atoms with van der Waals surface area (Å²) in [7, 11) is 0. The SMILES string of the molecule is CCNC(=NCc1coc(-c2ccccc2)n1)NCc1sccc1C.I. The number of nitrogens with one attached hydrogen (secondary N) is 2. The van der Waals surface area contributed by atoms with E-state index in [0.29, 0.717) is 12.4 Å². The standard InChI is InChI=1S/C19H22N4OS.HI/c1-3-20-19(22-12-17-14(2)9-10-25-17)21-11-16-13-24-18(23-16)15-7-5-4-6-8-15;/h4-10,13H,3,11-12H2,1-2H3,(H2,20,21,22);1H. The molecule has 0 spiro atoms. The first-order chi connectivity index (χ1) is 12.3. The third kappa shape index (κ3) is 5.57. The van der Waals surface area contributed by atoms with E-state index in [2.05, 4.69) is 45.9 Å². The Labute approximate surface area is 175 Å². The number of rotatable bonds is 6. The van der Waals surface area contributed by atoms with Crippen molar-refractivity contribution in [2.75, 3.05) is 6.54 Å². The van der Waals surface area contributed by atoms with Gasteiger partial charge in [0.1, 0.15) is 12.0 Å². The van der Waals surface area contributed by atoms with Crippen LogP contribution in [-0.4, -0.2) is 17.5 Å². The number of halogens is 1. The normalized spacial score (nSPS) is 11.1. The Morgan fingerprint density at radius 2 is 2.00 bits per heavy atom. The van der Waals surface area contributed by atoms with Gasteiger partial charge in [-0.15, -0.1) is 35.3 Å². The molecule has 0 aliphatic rings. The van der Waals surface area contributed by atoms with Crippen LogP contribution in [0, 0.1) is 6.92 Å². The lowest BCUT2D eigenvalue weighted by Crippen LogP contribution is -2.36. The van der Waals surface area contributed by atoms with E-state index in [1.54, 1.807) is 17.6 Å². The van der Waals surface area contributed by atoms with E-state index in [1.165, 1.54) is 10.4 Å². The fraction of sp³-hybridized carbons (Fsp3) is 0.263. The summed E-state index contributed by atoms with van der Waals surface area (Å²) in [6, 6.07) is 12.0. The molecule has 2 aromatic heterocycles. The number of aliphatic imine (C=N–C) groups is 1. The van der Waals surface area contributed by atoms with Gasteiger partial charge in [0.05, 0.1) is 13.1 Å². The average molecular weight is 482 g/mol. The van der Waals surface area contributed by atoms with Crippen LogP contribution in [0.5, 0.6) is 0 Å². The smallest absolute Gasteiger partial charge is 0.226 e. The molecule has 0 radical (unpaired) electrons. The van der Waals surface area contributed by atoms with Crippen molar-refractivity contribution in [3.05, 3.63) is 64.2 Å². The molecule has 0 saturated carbocycles. The summed E-state index contributed by atoms with van der Waals surface area (Å²) in [5.74, 6) is 1.40. The van der Waals surface area contributed by atoms with Crippen LogP contribution in [0.3, 0.4) is 0 Å². The summed E-state index contributed by atoms with van der Waals surface area (Å²) in [4.78, 5) is 10.4. The lowest BCUT2D eigenvalue weighted by atomic mass is 10.2. The predicted molar refractivity (Wildman–Crippen MR) is 118 cm³/mol. The van der Waals surface area contributed by atoms with Crippen molar-refractivity contribution in [3.8, 4) is 11.5 Å². The number of nitrogens with zero attached hydrogens (tertiary/aromatic N) is 2. The van der Waals surface area contributed by atoms with Crippen LogP contribution in [-0.2, 0) is 13.1 Å². The van der Waals surface area contributed by atoms with E-state index in [0.717, 1.165) is 30.3 Å². The third-order valence-corrected chi connectivity index (χ3v) is 4.72. The van der Waals surface area contributed by atoms with E-state index in [-0.39, 0.29) is 24.0 Å². The van der Waals surface area contributed by atoms with Crippen LogP contribution in [0.1, 0.15) is 23.1 Å². The number of guanidine groups is 1. The van der Waals surface area contributed by atoms with Crippen LogP contribution in [0.4, 0.5) is 0 Å². The van der Waals surface area contributed by atoms with Crippen LogP contribution in [0.25, 0.3) is 11.5 Å². The highest BCUT2D eigenvalue weighted by molar-refractivity contribution is 14.0. The van der Waals surface area contributed by atoms with Crippen molar-refractivity contribution in [3.63, 3.8) is 0 Å². The van der Waals surface area contributed by atoms with Gasteiger partial charge in [-0.2, -0.15) is 0 Å². The summed E-state index contributed by atoms with van der Waals surface area (Å²) < 4.78 is 5.56. The first-order valence-corrected chi connectivity index (χ1v) is 9.19. The van der Waals surface area contributed by atoms with Crippen LogP contribution in [0.2, 0.25) is 0 Å². The zero-order chi connectivity index (χ0) is 17.5. The number of thiophene rings is 1. The maximum absolute atomic E-state index is 5.56. The fourth-order valence-corrected chi connectivity index (χ4v) is 3.19. The highest BCUT2D eigenvalue weighted by Gasteiger charge is 2.07. The van der Waals surface area contributed by atoms with Gasteiger partial charge in [-0.25, -0.2) is 9.98 Å². The number of hydrogen-bond donors (Lipinski definition) is 2. The molecular weight excluding hydrogens is 459 g/mol. The van der Waals surface area contributed by atoms with Crippen LogP contribution >= 0.6 is 35.3 Å². The van der Waals surface area contributed by atoms with Crippen molar-refractivity contribution in [2.45, 2.75) is 26.9 Å². The van der Waals surface area contributed by atoms with Crippen molar-refractivity contribution in [2.24, 2.45) is 4.99 Å². The van der Waals surface area contributed by atoms with Gasteiger partial charge in [-0.05, 0) is 43.0 Å². The molecule has 2 N–H and O–H groups in total. The summed E-state index contributed by atoms with van der Waals surface area (Å²) in [6.45, 7) is 6.22. The molecule has 3 aromatic rings. The highest BCUT2D eigenvalue weighted by atomic mass is 127. The maximum atomic E-state index is 5.56. The average Bonchev–Trinajstić information content (AvgIpc) is 3.27. The number of aromatic nitrogens is 1. The molecule has 0 aliphatic carbocycles. The Kier molecular flexibility index (Phi) is 8.11. The second-order valence-electron chi connectivity index (χ2n) is 5.59. The molecule has 2 heterocycles. The second kappa shape index (κ2) is 10.3. The summed E-state index contributed by atoms with van der Waals surface area (Å²) in [5, 5.41) is 8.73. The lowest BCUT2D eigenvalue weighted by molar-refractivity contribution is 0.572. The van der Waals surface area contributed by atoms with Crippen LogP contribution in [0.15, 0.2) is 57.5 Å². The maximum Gasteiger partial charge on any atom is 0.226 e. The van der Waals surface area contributed by atoms with E-state index in [4.69, 9.17) is 4.42 Å². The minimum atomic E-state index is 0. The topological polar surface area (TPSA) is 62.5 Å². The highest BCUT2D eigenvalue weighted by Crippen LogP contribution is 2.18. The van der Waals surface area contributed by atoms with Gasteiger partial charge in [-0.3, -0.25) is 0 Å². The molecule has 0 unspecified atom stereocenters. The minimum Gasteiger partial charge on any atom is -0.444 e. The molecule has 26 heavy (non-hydrogen) atoms. The van der Waals surface area contributed by atoms with Gasteiger partial charge in [0, 0.05) is 17.0 Å². The number of hydrogen-bond acceptors (Lipinski definition) is 4. The first-order valence-electron chi connectivity index (χ1n) is 8.31. The molecular formula is C19H23IN4OS. The second-order valence-corrected chi connectivity index (χ2v) is 6.59. The van der Waals surface area contributed by atoms with Crippen LogP contribution < -0.4 is 10.6 Å². The molecule has 0 bridgehead atoms. The summed E-state index contributed by atoms with van der Waals surface area (Å²) in [5.41, 5.74) is 3.08. The lowest BCUT2D eigenvalue weighted by Gasteiger charge is -2.10. The van der Waals surface area contributed by atoms with E-state index >= 15 is 0 Å². The van der Waals surface area contributed by atoms with Gasteiger partial charge in [0.2, 0.25) is 5.89 Å². The molecule has 0 fully saturated rings. The first kappa shape index (κ1) is 20.4. The molecule has 1 aromatic carbocycles. The largest absolute Gasteiger partial charge is 0.444 e. The van der Waals surface area contributed by atoms with Gasteiger partial charge >= 0.3 is 0 Å². The monoisotopic (exact) mass is 482 g/mol. The van der Waals surface area contributed by atoms with Gasteiger partial charge < -0.3 is 15.1 Å². The third-order valence-electron chi connectivity index (χ3n) is 3.70. The number of benzene rings is 1. The van der Waals surface area contributed by atoms with Crippen molar-refractivity contribution in [1.82, 2.24) is 15.6 Å². The molecule has 7 heteroatoms. The van der Waals surface area contributed by atoms with Gasteiger partial charge in [-0.1, -0.05) is 18.2 Å². The molecule has 0 amide bonds. The van der Waals surface area contributed by atoms with Gasteiger partial charge in [0.25, 0.3) is 0 Å². The summed E-state index contributed by atoms with van der Waals surface area (Å²) in [6.07, 6.45) is 1.67. The molecule has 0 saturated heterocycles. The number of aryl methyl sites for hydroxylation is 1. The molecule has 3 rings (SSSR count). The van der Waals surface area contributed by atoms with Crippen molar-refractivity contribution < 1.29 is 4.42 Å². The molecule has 0 aliphatic heterocycles. The van der Waals surface area contributed by atoms with Crippen molar-refractivity contribution in [1.29, 1.82) is 0 Å². The van der Waals surface area contributed by atoms with E-state index < -0.39 is 0 Å². The Hall–Kier alpha value is -1.87. The summed E-state index contributed by atoms with van der Waals surface area (Å²) >= 11 is 1.75. The fourth-order valence-electron chi connectivity index (χ4n) is 2.34. The van der Waals surface area contributed by atoms with E-state index in [1.807, 2.05) is 30.3 Å². The zero-order valence-corrected chi connectivity index (χ0v) is 18.0. The van der Waals surface area contributed by atoms with Crippen molar-refractivity contribution >= 4 is 41.3 Å².